The van der Waals surface area contributed by atoms with Gasteiger partial charge in [-0.15, -0.1) is 0 Å². The summed E-state index contributed by atoms with van der Waals surface area (Å²) in [6.07, 6.45) is 0. The van der Waals surface area contributed by atoms with Crippen LogP contribution in [0.4, 0.5) is 20.2 Å². The molecule has 0 aliphatic carbocycles. The first-order chi connectivity index (χ1) is 8.58. The highest BCUT2D eigenvalue weighted by Crippen LogP contribution is 2.22. The first kappa shape index (κ1) is 12.1. The molecule has 0 atom stereocenters. The van der Waals surface area contributed by atoms with Crippen LogP contribution in [0.5, 0.6) is 0 Å². The Bertz CT molecular complexity index is 610. The summed E-state index contributed by atoms with van der Waals surface area (Å²) in [6, 6.07) is 10.2. The van der Waals surface area contributed by atoms with Gasteiger partial charge in [-0.05, 0) is 48.9 Å². The van der Waals surface area contributed by atoms with E-state index in [0.717, 1.165) is 11.6 Å². The number of nitrogens with one attached hydrogen (secondary N) is 1. The topological polar surface area (TPSA) is 35.8 Å². The minimum Gasteiger partial charge on any atom is -0.354 e. The lowest BCUT2D eigenvalue weighted by Crippen LogP contribution is -1.95. The quantitative estimate of drug-likeness (QED) is 0.869. The number of nitriles is 1. The summed E-state index contributed by atoms with van der Waals surface area (Å²) in [5.74, 6) is -0.842. The van der Waals surface area contributed by atoms with Crippen LogP contribution in [0, 0.1) is 29.9 Å². The van der Waals surface area contributed by atoms with Gasteiger partial charge in [-0.3, -0.25) is 0 Å². The number of rotatable bonds is 2. The zero-order valence-corrected chi connectivity index (χ0v) is 9.67. The predicted octanol–water partition coefficient (Wildman–Crippen LogP) is 3.89. The average Bonchev–Trinajstić information content (AvgIpc) is 2.30. The molecule has 0 spiro atoms. The van der Waals surface area contributed by atoms with Crippen LogP contribution < -0.4 is 5.32 Å². The van der Waals surface area contributed by atoms with Crippen molar-refractivity contribution in [3.05, 3.63) is 59.2 Å². The number of anilines is 2. The van der Waals surface area contributed by atoms with Crippen LogP contribution in [0.3, 0.4) is 0 Å². The lowest BCUT2D eigenvalue weighted by Gasteiger charge is -2.09. The third-order valence-corrected chi connectivity index (χ3v) is 2.42. The van der Waals surface area contributed by atoms with E-state index in [2.05, 4.69) is 5.32 Å². The molecule has 0 amide bonds. The van der Waals surface area contributed by atoms with Crippen molar-refractivity contribution in [2.45, 2.75) is 6.92 Å². The van der Waals surface area contributed by atoms with Crippen LogP contribution >= 0.6 is 0 Å². The second-order valence-corrected chi connectivity index (χ2v) is 3.94. The van der Waals surface area contributed by atoms with Gasteiger partial charge >= 0.3 is 0 Å². The summed E-state index contributed by atoms with van der Waals surface area (Å²) in [5, 5.41) is 11.8. The molecule has 0 heterocycles. The average molecular weight is 244 g/mol. The van der Waals surface area contributed by atoms with Crippen molar-refractivity contribution >= 4 is 11.4 Å². The maximum absolute atomic E-state index is 13.2. The molecule has 18 heavy (non-hydrogen) atoms. The summed E-state index contributed by atoms with van der Waals surface area (Å²) < 4.78 is 26.2. The molecule has 0 fully saturated rings. The van der Waals surface area contributed by atoms with E-state index in [1.165, 1.54) is 24.3 Å². The summed E-state index contributed by atoms with van der Waals surface area (Å²) in [6.45, 7) is 1.77. The van der Waals surface area contributed by atoms with Crippen molar-refractivity contribution in [1.82, 2.24) is 0 Å². The predicted molar refractivity (Wildman–Crippen MR) is 65.5 cm³/mol. The minimum absolute atomic E-state index is 0.178. The Kier molecular flexibility index (Phi) is 3.24. The number of halogens is 2. The van der Waals surface area contributed by atoms with Gasteiger partial charge in [-0.25, -0.2) is 8.78 Å². The van der Waals surface area contributed by atoms with E-state index in [-0.39, 0.29) is 11.4 Å². The second kappa shape index (κ2) is 4.84. The lowest BCUT2D eigenvalue weighted by atomic mass is 10.1. The van der Waals surface area contributed by atoms with E-state index in [9.17, 15) is 8.78 Å². The van der Waals surface area contributed by atoms with E-state index in [1.54, 1.807) is 13.0 Å². The van der Waals surface area contributed by atoms with Crippen LogP contribution in [0.15, 0.2) is 36.4 Å². The Labute approximate surface area is 103 Å². The number of nitrogens with zero attached hydrogens (tertiary/aromatic N) is 1. The van der Waals surface area contributed by atoms with Crippen LogP contribution in [-0.4, -0.2) is 0 Å². The Hall–Kier alpha value is -2.41. The monoisotopic (exact) mass is 244 g/mol. The molecule has 0 radical (unpaired) electrons. The van der Waals surface area contributed by atoms with Gasteiger partial charge in [0, 0.05) is 5.69 Å². The molecule has 4 heteroatoms. The second-order valence-electron chi connectivity index (χ2n) is 3.94. The highest BCUT2D eigenvalue weighted by atomic mass is 19.1. The SMILES string of the molecule is Cc1cc(F)cc(Nc2ccc(F)cc2C#N)c1. The summed E-state index contributed by atoms with van der Waals surface area (Å²) in [7, 11) is 0. The van der Waals surface area contributed by atoms with Crippen LogP contribution in [-0.2, 0) is 0 Å². The molecule has 2 rings (SSSR count). The molecule has 1 N–H and O–H groups in total. The van der Waals surface area contributed by atoms with Crippen LogP contribution in [0.2, 0.25) is 0 Å². The zero-order valence-electron chi connectivity index (χ0n) is 9.67. The smallest absolute Gasteiger partial charge is 0.125 e. The number of aryl methyl sites for hydroxylation is 1. The molecule has 0 bridgehead atoms. The van der Waals surface area contributed by atoms with Crippen molar-refractivity contribution in [2.75, 3.05) is 5.32 Å². The third kappa shape index (κ3) is 2.64. The van der Waals surface area contributed by atoms with Gasteiger partial charge in [-0.2, -0.15) is 5.26 Å². The van der Waals surface area contributed by atoms with E-state index >= 15 is 0 Å². The lowest BCUT2D eigenvalue weighted by molar-refractivity contribution is 0.626. The van der Waals surface area contributed by atoms with Crippen molar-refractivity contribution in [2.24, 2.45) is 0 Å². The van der Waals surface area contributed by atoms with Gasteiger partial charge in [0.25, 0.3) is 0 Å². The van der Waals surface area contributed by atoms with Gasteiger partial charge in [0.2, 0.25) is 0 Å². The minimum atomic E-state index is -0.479. The summed E-state index contributed by atoms with van der Waals surface area (Å²) in [5.41, 5.74) is 1.91. The third-order valence-electron chi connectivity index (χ3n) is 2.42. The number of benzene rings is 2. The maximum atomic E-state index is 13.2. The highest BCUT2D eigenvalue weighted by Gasteiger charge is 2.05. The van der Waals surface area contributed by atoms with Crippen molar-refractivity contribution in [1.29, 1.82) is 5.26 Å². The molecule has 0 aliphatic heterocycles. The Morgan fingerprint density at radius 1 is 1.06 bits per heavy atom. The Balaban J connectivity index is 2.37. The van der Waals surface area contributed by atoms with E-state index in [4.69, 9.17) is 5.26 Å². The fraction of sp³-hybridized carbons (Fsp3) is 0.0714. The molecule has 0 aromatic heterocycles. The summed E-state index contributed by atoms with van der Waals surface area (Å²) >= 11 is 0. The van der Waals surface area contributed by atoms with Gasteiger partial charge in [0.15, 0.2) is 0 Å². The largest absolute Gasteiger partial charge is 0.354 e. The van der Waals surface area contributed by atoms with E-state index < -0.39 is 5.82 Å². The summed E-state index contributed by atoms with van der Waals surface area (Å²) in [4.78, 5) is 0. The Morgan fingerprint density at radius 3 is 2.50 bits per heavy atom. The molecule has 2 nitrogen and oxygen atoms in total. The van der Waals surface area contributed by atoms with Gasteiger partial charge in [0.1, 0.15) is 17.7 Å². The van der Waals surface area contributed by atoms with E-state index in [1.807, 2.05) is 6.07 Å². The first-order valence-electron chi connectivity index (χ1n) is 5.32. The molecule has 0 aliphatic rings. The van der Waals surface area contributed by atoms with Crippen molar-refractivity contribution in [3.63, 3.8) is 0 Å². The molecule has 2 aromatic rings. The van der Waals surface area contributed by atoms with Crippen molar-refractivity contribution < 1.29 is 8.78 Å². The molecule has 2 aromatic carbocycles. The fourth-order valence-electron chi connectivity index (χ4n) is 1.68. The number of hydrogen-bond acceptors (Lipinski definition) is 2. The van der Waals surface area contributed by atoms with Crippen molar-refractivity contribution in [3.8, 4) is 6.07 Å². The highest BCUT2D eigenvalue weighted by molar-refractivity contribution is 5.66. The maximum Gasteiger partial charge on any atom is 0.125 e. The van der Waals surface area contributed by atoms with Gasteiger partial charge < -0.3 is 5.32 Å². The first-order valence-corrected chi connectivity index (χ1v) is 5.32. The fourth-order valence-corrected chi connectivity index (χ4v) is 1.68. The standard InChI is InChI=1S/C14H10F2N2/c1-9-4-12(16)7-13(5-9)18-14-3-2-11(15)6-10(14)8-17/h2-7,18H,1H3. The van der Waals surface area contributed by atoms with E-state index in [0.29, 0.717) is 11.4 Å². The molecule has 0 saturated carbocycles. The van der Waals surface area contributed by atoms with Gasteiger partial charge in [-0.1, -0.05) is 0 Å². The molecule has 90 valence electrons. The van der Waals surface area contributed by atoms with Crippen LogP contribution in [0.1, 0.15) is 11.1 Å². The molecule has 0 saturated heterocycles. The zero-order chi connectivity index (χ0) is 13.1. The number of hydrogen-bond donors (Lipinski definition) is 1. The normalized spacial score (nSPS) is 9.89. The Morgan fingerprint density at radius 2 is 1.83 bits per heavy atom. The molecule has 0 unspecified atom stereocenters. The molecular formula is C14H10F2N2. The van der Waals surface area contributed by atoms with Gasteiger partial charge in [0.05, 0.1) is 11.3 Å². The van der Waals surface area contributed by atoms with Crippen LogP contribution in [0.25, 0.3) is 0 Å². The molecular weight excluding hydrogens is 234 g/mol.